The number of esters is 1. The lowest BCUT2D eigenvalue weighted by Gasteiger charge is -2.32. The number of fused-ring (bicyclic) bond motifs is 1. The number of carbonyl (C=O) groups excluding carboxylic acids is 1. The van der Waals surface area contributed by atoms with E-state index in [1.165, 1.54) is 24.3 Å². The Labute approximate surface area is 104 Å². The van der Waals surface area contributed by atoms with Crippen molar-refractivity contribution < 1.29 is 23.1 Å². The van der Waals surface area contributed by atoms with Crippen LogP contribution in [-0.4, -0.2) is 32.8 Å². The van der Waals surface area contributed by atoms with Crippen LogP contribution in [0, 0.1) is 0 Å². The molecule has 0 unspecified atom stereocenters. The summed E-state index contributed by atoms with van der Waals surface area (Å²) in [7, 11) is -1.65. The van der Waals surface area contributed by atoms with Crippen molar-refractivity contribution in [1.29, 1.82) is 0 Å². The smallest absolute Gasteiger partial charge is 0.354 e. The van der Waals surface area contributed by atoms with Crippen LogP contribution in [0.2, 0.25) is 0 Å². The van der Waals surface area contributed by atoms with Crippen LogP contribution < -0.4 is 5.11 Å². The molecule has 0 N–H and O–H groups in total. The van der Waals surface area contributed by atoms with E-state index in [0.29, 0.717) is 4.31 Å². The highest BCUT2D eigenvalue weighted by atomic mass is 32.2. The van der Waals surface area contributed by atoms with E-state index in [4.69, 9.17) is 0 Å². The van der Waals surface area contributed by atoms with E-state index in [2.05, 4.69) is 4.74 Å². The van der Waals surface area contributed by atoms with E-state index in [1.54, 1.807) is 0 Å². The molecule has 1 aromatic carbocycles. The first kappa shape index (κ1) is 12.4. The quantitative estimate of drug-likeness (QED) is 0.642. The third-order valence-electron chi connectivity index (χ3n) is 2.68. The topological polar surface area (TPSA) is 86.7 Å². The highest BCUT2D eigenvalue weighted by Gasteiger charge is 2.34. The van der Waals surface area contributed by atoms with Gasteiger partial charge in [0, 0.05) is 7.05 Å². The first-order valence-corrected chi connectivity index (χ1v) is 6.43. The highest BCUT2D eigenvalue weighted by molar-refractivity contribution is 7.89. The Kier molecular flexibility index (Phi) is 2.78. The number of likely N-dealkylation sites (N-methyl/N-ethyl adjacent to an activating group) is 1. The van der Waals surface area contributed by atoms with Gasteiger partial charge in [0.05, 0.1) is 12.0 Å². The molecule has 1 heterocycles. The summed E-state index contributed by atoms with van der Waals surface area (Å²) < 4.78 is 29.3. The van der Waals surface area contributed by atoms with Gasteiger partial charge in [-0.25, -0.2) is 13.2 Å². The van der Waals surface area contributed by atoms with Crippen LogP contribution in [-0.2, 0) is 19.6 Å². The molecule has 6 nitrogen and oxygen atoms in total. The van der Waals surface area contributed by atoms with Gasteiger partial charge in [0.15, 0.2) is 0 Å². The van der Waals surface area contributed by atoms with Crippen LogP contribution in [0.5, 0.6) is 0 Å². The standard InChI is InChI=1S/C11H11NO5S/c1-12-9(11(14)17-2)10(13)7-5-3-4-6-8(7)18(12,15)16/h3-6,13H,1-2H3/p-1. The van der Waals surface area contributed by atoms with Gasteiger partial charge in [0.2, 0.25) is 0 Å². The molecular weight excluding hydrogens is 258 g/mol. The lowest BCUT2D eigenvalue weighted by molar-refractivity contribution is -0.246. The molecule has 0 bridgehead atoms. The maximum absolute atomic E-state index is 12.1. The molecule has 1 aromatic rings. The van der Waals surface area contributed by atoms with Gasteiger partial charge in [-0.05, 0) is 11.6 Å². The number of rotatable bonds is 1. The molecule has 7 heteroatoms. The summed E-state index contributed by atoms with van der Waals surface area (Å²) in [5.74, 6) is -1.63. The van der Waals surface area contributed by atoms with Gasteiger partial charge >= 0.3 is 5.97 Å². The average molecular weight is 268 g/mol. The molecule has 0 atom stereocenters. The van der Waals surface area contributed by atoms with Crippen molar-refractivity contribution in [3.63, 3.8) is 0 Å². The largest absolute Gasteiger partial charge is 0.870 e. The Balaban J connectivity index is 2.81. The second-order valence-corrected chi connectivity index (χ2v) is 5.58. The minimum Gasteiger partial charge on any atom is -0.870 e. The second kappa shape index (κ2) is 4.02. The van der Waals surface area contributed by atoms with Crippen LogP contribution in [0.4, 0.5) is 0 Å². The van der Waals surface area contributed by atoms with E-state index in [1.807, 2.05) is 0 Å². The van der Waals surface area contributed by atoms with Gasteiger partial charge in [-0.1, -0.05) is 24.0 Å². The molecule has 0 fully saturated rings. The predicted octanol–water partition coefficient (Wildman–Crippen LogP) is -0.477. The Morgan fingerprint density at radius 2 is 1.94 bits per heavy atom. The summed E-state index contributed by atoms with van der Waals surface area (Å²) in [6.45, 7) is 0. The van der Waals surface area contributed by atoms with Crippen molar-refractivity contribution in [3.05, 3.63) is 35.5 Å². The summed E-state index contributed by atoms with van der Waals surface area (Å²) in [6.07, 6.45) is 0. The predicted molar refractivity (Wildman–Crippen MR) is 60.3 cm³/mol. The Morgan fingerprint density at radius 1 is 1.33 bits per heavy atom. The van der Waals surface area contributed by atoms with Gasteiger partial charge < -0.3 is 9.84 Å². The minimum atomic E-state index is -3.88. The molecular formula is C11H10NO5S-. The SMILES string of the molecule is COC(=O)C1=C([O-])c2ccccc2S(=O)(=O)N1C. The van der Waals surface area contributed by atoms with Crippen LogP contribution in [0.15, 0.2) is 34.9 Å². The van der Waals surface area contributed by atoms with Crippen molar-refractivity contribution in [2.24, 2.45) is 0 Å². The lowest BCUT2D eigenvalue weighted by atomic mass is 10.1. The van der Waals surface area contributed by atoms with E-state index in [0.717, 1.165) is 14.2 Å². The molecule has 0 radical (unpaired) electrons. The van der Waals surface area contributed by atoms with Gasteiger partial charge in [-0.15, -0.1) is 0 Å². The van der Waals surface area contributed by atoms with E-state index in [-0.39, 0.29) is 10.5 Å². The summed E-state index contributed by atoms with van der Waals surface area (Å²) in [4.78, 5) is 11.4. The monoisotopic (exact) mass is 268 g/mol. The summed E-state index contributed by atoms with van der Waals surface area (Å²) in [5, 5.41) is 12.1. The first-order chi connectivity index (χ1) is 8.41. The van der Waals surface area contributed by atoms with Crippen molar-refractivity contribution in [2.75, 3.05) is 14.2 Å². The molecule has 0 saturated carbocycles. The zero-order valence-corrected chi connectivity index (χ0v) is 10.5. The number of hydrogen-bond donors (Lipinski definition) is 0. The number of sulfonamides is 1. The van der Waals surface area contributed by atoms with Crippen LogP contribution in [0.3, 0.4) is 0 Å². The number of nitrogens with zero attached hydrogens (tertiary/aromatic N) is 1. The number of methoxy groups -OCH3 is 1. The summed E-state index contributed by atoms with van der Waals surface area (Å²) in [5.41, 5.74) is -0.521. The molecule has 0 spiro atoms. The maximum Gasteiger partial charge on any atom is 0.354 e. The third kappa shape index (κ3) is 1.55. The molecule has 1 aliphatic rings. The van der Waals surface area contributed by atoms with E-state index in [9.17, 15) is 18.3 Å². The van der Waals surface area contributed by atoms with Gasteiger partial charge in [0.1, 0.15) is 5.70 Å². The Hall–Kier alpha value is -2.02. The molecule has 1 aliphatic heterocycles. The average Bonchev–Trinajstić information content (AvgIpc) is 2.37. The lowest BCUT2D eigenvalue weighted by Crippen LogP contribution is -2.37. The molecule has 0 aliphatic carbocycles. The van der Waals surface area contributed by atoms with Gasteiger partial charge in [-0.3, -0.25) is 4.31 Å². The van der Waals surface area contributed by atoms with Crippen LogP contribution in [0.1, 0.15) is 5.56 Å². The first-order valence-electron chi connectivity index (χ1n) is 4.99. The Morgan fingerprint density at radius 3 is 2.56 bits per heavy atom. The third-order valence-corrected chi connectivity index (χ3v) is 4.49. The fourth-order valence-electron chi connectivity index (χ4n) is 1.74. The molecule has 2 rings (SSSR count). The second-order valence-electron chi connectivity index (χ2n) is 3.64. The summed E-state index contributed by atoms with van der Waals surface area (Å²) in [6, 6.07) is 5.74. The highest BCUT2D eigenvalue weighted by Crippen LogP contribution is 2.33. The van der Waals surface area contributed by atoms with Gasteiger partial charge in [-0.2, -0.15) is 0 Å². The fraction of sp³-hybridized carbons (Fsp3) is 0.182. The van der Waals surface area contributed by atoms with E-state index >= 15 is 0 Å². The van der Waals surface area contributed by atoms with Crippen LogP contribution >= 0.6 is 0 Å². The molecule has 0 amide bonds. The number of hydrogen-bond acceptors (Lipinski definition) is 5. The number of benzene rings is 1. The van der Waals surface area contributed by atoms with Gasteiger partial charge in [0.25, 0.3) is 10.0 Å². The normalized spacial score (nSPS) is 17.3. The minimum absolute atomic E-state index is 0.0176. The summed E-state index contributed by atoms with van der Waals surface area (Å²) >= 11 is 0. The molecule has 0 saturated heterocycles. The zero-order chi connectivity index (χ0) is 13.5. The maximum atomic E-state index is 12.1. The van der Waals surface area contributed by atoms with Crippen molar-refractivity contribution >= 4 is 21.8 Å². The van der Waals surface area contributed by atoms with Crippen molar-refractivity contribution in [2.45, 2.75) is 4.90 Å². The zero-order valence-electron chi connectivity index (χ0n) is 9.71. The van der Waals surface area contributed by atoms with Crippen LogP contribution in [0.25, 0.3) is 5.76 Å². The molecule has 18 heavy (non-hydrogen) atoms. The van der Waals surface area contributed by atoms with Crippen molar-refractivity contribution in [1.82, 2.24) is 4.31 Å². The molecule has 0 aromatic heterocycles. The molecule has 96 valence electrons. The Bertz CT molecular complexity index is 647. The van der Waals surface area contributed by atoms with E-state index < -0.39 is 27.4 Å². The number of carbonyl (C=O) groups is 1. The number of ether oxygens (including phenoxy) is 1. The fourth-order valence-corrected chi connectivity index (χ4v) is 3.12. The van der Waals surface area contributed by atoms with Crippen molar-refractivity contribution in [3.8, 4) is 0 Å².